The SMILES string of the molecule is COC(=O)c1c(C)[nH]c(-c2ccccc2OC)c1[C@@H]1C(=O)Nc2ccc(Cl)cc21. The number of para-hydroxylation sites is 1. The normalized spacial score (nSPS) is 15.0. The molecule has 0 unspecified atom stereocenters. The lowest BCUT2D eigenvalue weighted by Crippen LogP contribution is -2.17. The van der Waals surface area contributed by atoms with Crippen LogP contribution in [0.1, 0.15) is 33.1 Å². The number of ether oxygens (including phenoxy) is 2. The Hall–Kier alpha value is -3.25. The zero-order valence-electron chi connectivity index (χ0n) is 16.1. The van der Waals surface area contributed by atoms with E-state index in [1.165, 1.54) is 7.11 Å². The Kier molecular flexibility index (Phi) is 4.80. The number of amides is 1. The van der Waals surface area contributed by atoms with Crippen LogP contribution >= 0.6 is 11.6 Å². The van der Waals surface area contributed by atoms with Crippen LogP contribution in [0.5, 0.6) is 5.75 Å². The number of aryl methyl sites for hydroxylation is 1. The number of carbonyl (C=O) groups is 2. The summed E-state index contributed by atoms with van der Waals surface area (Å²) in [6.07, 6.45) is 0. The van der Waals surface area contributed by atoms with E-state index >= 15 is 0 Å². The molecule has 0 saturated heterocycles. The number of halogens is 1. The summed E-state index contributed by atoms with van der Waals surface area (Å²) >= 11 is 6.20. The molecule has 0 aliphatic carbocycles. The number of benzene rings is 2. The molecule has 0 radical (unpaired) electrons. The van der Waals surface area contributed by atoms with E-state index in [-0.39, 0.29) is 5.91 Å². The number of rotatable bonds is 4. The van der Waals surface area contributed by atoms with Gasteiger partial charge in [0, 0.05) is 27.5 Å². The topological polar surface area (TPSA) is 80.4 Å². The van der Waals surface area contributed by atoms with Gasteiger partial charge in [-0.05, 0) is 42.8 Å². The van der Waals surface area contributed by atoms with Crippen LogP contribution in [0.25, 0.3) is 11.3 Å². The minimum atomic E-state index is -0.720. The molecule has 2 aromatic carbocycles. The molecule has 1 aromatic heterocycles. The standard InChI is InChI=1S/C22H19ClN2O4/c1-11-17(22(27)29-3)19(20(24-11)13-6-4-5-7-16(13)28-2)18-14-10-12(23)8-9-15(14)25-21(18)26/h4-10,18,24H,1-3H3,(H,25,26)/t18-/m1/s1. The van der Waals surface area contributed by atoms with Gasteiger partial charge in [0.1, 0.15) is 5.75 Å². The number of hydrogen-bond acceptors (Lipinski definition) is 4. The molecule has 148 valence electrons. The molecule has 7 heteroatoms. The number of aromatic amines is 1. The van der Waals surface area contributed by atoms with E-state index < -0.39 is 11.9 Å². The van der Waals surface area contributed by atoms with Crippen molar-refractivity contribution in [2.24, 2.45) is 0 Å². The summed E-state index contributed by atoms with van der Waals surface area (Å²) in [5.74, 6) is -0.848. The number of carbonyl (C=O) groups excluding carboxylic acids is 2. The molecule has 6 nitrogen and oxygen atoms in total. The van der Waals surface area contributed by atoms with Crippen LogP contribution in [0.2, 0.25) is 5.02 Å². The number of aromatic nitrogens is 1. The van der Waals surface area contributed by atoms with Gasteiger partial charge in [-0.1, -0.05) is 23.7 Å². The van der Waals surface area contributed by atoms with E-state index in [4.69, 9.17) is 21.1 Å². The van der Waals surface area contributed by atoms with Gasteiger partial charge in [-0.25, -0.2) is 4.79 Å². The van der Waals surface area contributed by atoms with Gasteiger partial charge in [0.2, 0.25) is 5.91 Å². The van der Waals surface area contributed by atoms with Crippen molar-refractivity contribution in [3.05, 3.63) is 69.9 Å². The molecular weight excluding hydrogens is 392 g/mol. The predicted octanol–water partition coefficient (Wildman–Crippen LogP) is 4.52. The zero-order valence-corrected chi connectivity index (χ0v) is 16.9. The molecule has 3 aromatic rings. The van der Waals surface area contributed by atoms with Crippen molar-refractivity contribution in [2.45, 2.75) is 12.8 Å². The van der Waals surface area contributed by atoms with E-state index in [1.54, 1.807) is 32.2 Å². The van der Waals surface area contributed by atoms with Gasteiger partial charge in [0.05, 0.1) is 31.4 Å². The van der Waals surface area contributed by atoms with E-state index in [0.717, 1.165) is 5.56 Å². The van der Waals surface area contributed by atoms with Crippen molar-refractivity contribution in [3.8, 4) is 17.0 Å². The quantitative estimate of drug-likeness (QED) is 0.619. The Balaban J connectivity index is 2.04. The summed E-state index contributed by atoms with van der Waals surface area (Å²) in [5, 5.41) is 3.39. The Labute approximate surface area is 172 Å². The number of fused-ring (bicyclic) bond motifs is 1. The molecule has 1 amide bonds. The van der Waals surface area contributed by atoms with E-state index in [0.29, 0.717) is 44.5 Å². The molecule has 0 bridgehead atoms. The first-order valence-corrected chi connectivity index (χ1v) is 9.38. The molecule has 4 rings (SSSR count). The second kappa shape index (κ2) is 7.29. The first-order chi connectivity index (χ1) is 14.0. The number of hydrogen-bond donors (Lipinski definition) is 2. The first kappa shape index (κ1) is 19.1. The minimum absolute atomic E-state index is 0.234. The molecule has 1 aliphatic heterocycles. The van der Waals surface area contributed by atoms with Crippen molar-refractivity contribution in [1.82, 2.24) is 4.98 Å². The Morgan fingerprint density at radius 3 is 2.62 bits per heavy atom. The third kappa shape index (κ3) is 3.06. The fourth-order valence-corrected chi connectivity index (χ4v) is 4.06. The van der Waals surface area contributed by atoms with Gasteiger partial charge in [0.15, 0.2) is 0 Å². The zero-order chi connectivity index (χ0) is 20.7. The molecular formula is C22H19ClN2O4. The smallest absolute Gasteiger partial charge is 0.340 e. The molecule has 0 saturated carbocycles. The summed E-state index contributed by atoms with van der Waals surface area (Å²) in [6.45, 7) is 1.78. The van der Waals surface area contributed by atoms with Crippen LogP contribution < -0.4 is 10.1 Å². The average molecular weight is 411 g/mol. The van der Waals surface area contributed by atoms with Crippen LogP contribution in [0.3, 0.4) is 0 Å². The number of nitrogens with one attached hydrogen (secondary N) is 2. The molecule has 2 heterocycles. The largest absolute Gasteiger partial charge is 0.496 e. The maximum absolute atomic E-state index is 13.0. The third-order valence-electron chi connectivity index (χ3n) is 5.13. The number of esters is 1. The monoisotopic (exact) mass is 410 g/mol. The van der Waals surface area contributed by atoms with Crippen LogP contribution in [-0.2, 0) is 9.53 Å². The maximum Gasteiger partial charge on any atom is 0.340 e. The predicted molar refractivity (Wildman–Crippen MR) is 111 cm³/mol. The lowest BCUT2D eigenvalue weighted by Gasteiger charge is -2.15. The van der Waals surface area contributed by atoms with Crippen LogP contribution in [0, 0.1) is 6.92 Å². The maximum atomic E-state index is 13.0. The van der Waals surface area contributed by atoms with Gasteiger partial charge in [-0.3, -0.25) is 4.79 Å². The highest BCUT2D eigenvalue weighted by Crippen LogP contribution is 2.45. The fourth-order valence-electron chi connectivity index (χ4n) is 3.88. The first-order valence-electron chi connectivity index (χ1n) is 9.00. The van der Waals surface area contributed by atoms with Crippen LogP contribution in [-0.4, -0.2) is 31.1 Å². The Morgan fingerprint density at radius 1 is 1.14 bits per heavy atom. The van der Waals surface area contributed by atoms with Gasteiger partial charge >= 0.3 is 5.97 Å². The van der Waals surface area contributed by atoms with Gasteiger partial charge in [-0.15, -0.1) is 0 Å². The number of anilines is 1. The molecule has 29 heavy (non-hydrogen) atoms. The molecule has 0 spiro atoms. The third-order valence-corrected chi connectivity index (χ3v) is 5.36. The van der Waals surface area contributed by atoms with Crippen LogP contribution in [0.4, 0.5) is 5.69 Å². The minimum Gasteiger partial charge on any atom is -0.496 e. The lowest BCUT2D eigenvalue weighted by molar-refractivity contribution is -0.116. The molecule has 1 atom stereocenters. The van der Waals surface area contributed by atoms with Gasteiger partial charge < -0.3 is 19.8 Å². The lowest BCUT2D eigenvalue weighted by atomic mass is 9.87. The summed E-state index contributed by atoms with van der Waals surface area (Å²) in [4.78, 5) is 28.9. The highest BCUT2D eigenvalue weighted by atomic mass is 35.5. The average Bonchev–Trinajstić information content (AvgIpc) is 3.22. The summed E-state index contributed by atoms with van der Waals surface area (Å²) in [5.41, 5.74) is 4.24. The van der Waals surface area contributed by atoms with Crippen molar-refractivity contribution in [1.29, 1.82) is 0 Å². The van der Waals surface area contributed by atoms with Crippen LogP contribution in [0.15, 0.2) is 42.5 Å². The Bertz CT molecular complexity index is 1140. The number of H-pyrrole nitrogens is 1. The highest BCUT2D eigenvalue weighted by Gasteiger charge is 2.39. The molecule has 2 N–H and O–H groups in total. The fraction of sp³-hybridized carbons (Fsp3) is 0.182. The molecule has 1 aliphatic rings. The summed E-state index contributed by atoms with van der Waals surface area (Å²) < 4.78 is 10.5. The van der Waals surface area contributed by atoms with Crippen molar-refractivity contribution < 1.29 is 19.1 Å². The van der Waals surface area contributed by atoms with E-state index in [9.17, 15) is 9.59 Å². The van der Waals surface area contributed by atoms with Crippen molar-refractivity contribution in [3.63, 3.8) is 0 Å². The summed E-state index contributed by atoms with van der Waals surface area (Å²) in [7, 11) is 2.90. The van der Waals surface area contributed by atoms with Gasteiger partial charge in [-0.2, -0.15) is 0 Å². The summed E-state index contributed by atoms with van der Waals surface area (Å²) in [6, 6.07) is 12.6. The highest BCUT2D eigenvalue weighted by molar-refractivity contribution is 6.31. The van der Waals surface area contributed by atoms with Crippen molar-refractivity contribution in [2.75, 3.05) is 19.5 Å². The van der Waals surface area contributed by atoms with Gasteiger partial charge in [0.25, 0.3) is 0 Å². The van der Waals surface area contributed by atoms with E-state index in [2.05, 4.69) is 10.3 Å². The van der Waals surface area contributed by atoms with E-state index in [1.807, 2.05) is 24.3 Å². The Morgan fingerprint density at radius 2 is 1.90 bits per heavy atom. The second-order valence-corrected chi connectivity index (χ2v) is 7.20. The second-order valence-electron chi connectivity index (χ2n) is 6.76. The van der Waals surface area contributed by atoms with Crippen molar-refractivity contribution >= 4 is 29.2 Å². The molecule has 0 fully saturated rings. The number of methoxy groups -OCH3 is 2.